The number of thioether (sulfide) groups is 1. The summed E-state index contributed by atoms with van der Waals surface area (Å²) < 4.78 is 33.0. The van der Waals surface area contributed by atoms with Crippen molar-refractivity contribution in [2.75, 3.05) is 24.4 Å². The lowest BCUT2D eigenvalue weighted by Gasteiger charge is -2.14. The normalized spacial score (nSPS) is 19.5. The Kier molecular flexibility index (Phi) is 7.33. The van der Waals surface area contributed by atoms with Crippen molar-refractivity contribution in [3.05, 3.63) is 29.8 Å². The first-order valence-electron chi connectivity index (χ1n) is 8.21. The molecule has 1 aliphatic heterocycles. The van der Waals surface area contributed by atoms with Crippen molar-refractivity contribution in [1.82, 2.24) is 5.32 Å². The Bertz CT molecular complexity index is 732. The fraction of sp³-hybridized carbons (Fsp3) is 0.529. The molecule has 9 heteroatoms. The highest BCUT2D eigenvalue weighted by molar-refractivity contribution is 8.02. The average Bonchev–Trinajstić information content (AvgIpc) is 2.97. The van der Waals surface area contributed by atoms with Gasteiger partial charge in [0.25, 0.3) is 5.91 Å². The van der Waals surface area contributed by atoms with E-state index in [2.05, 4.69) is 5.32 Å². The fourth-order valence-electron chi connectivity index (χ4n) is 2.44. The molecule has 1 fully saturated rings. The third-order valence-electron chi connectivity index (χ3n) is 3.93. The summed E-state index contributed by atoms with van der Waals surface area (Å²) in [5.74, 6) is 0.132. The van der Waals surface area contributed by atoms with Crippen LogP contribution in [0.15, 0.2) is 24.3 Å². The molecule has 0 bridgehead atoms. The number of rotatable bonds is 8. The molecule has 1 aromatic rings. The second-order valence-electron chi connectivity index (χ2n) is 6.03. The third-order valence-corrected chi connectivity index (χ3v) is 7.19. The first-order chi connectivity index (χ1) is 12.3. The minimum Gasteiger partial charge on any atom is -0.497 e. The summed E-state index contributed by atoms with van der Waals surface area (Å²) >= 11 is 1.26. The van der Waals surface area contributed by atoms with Gasteiger partial charge in [0.1, 0.15) is 5.75 Å². The third kappa shape index (κ3) is 6.53. The number of benzene rings is 1. The summed E-state index contributed by atoms with van der Waals surface area (Å²) in [5, 5.41) is 2.63. The molecule has 0 radical (unpaired) electrons. The number of amides is 1. The predicted molar refractivity (Wildman–Crippen MR) is 99.9 cm³/mol. The van der Waals surface area contributed by atoms with Crippen molar-refractivity contribution in [2.24, 2.45) is 0 Å². The van der Waals surface area contributed by atoms with E-state index < -0.39 is 21.9 Å². The second kappa shape index (κ2) is 9.27. The molecule has 1 saturated heterocycles. The van der Waals surface area contributed by atoms with Gasteiger partial charge in [-0.25, -0.2) is 8.42 Å². The first-order valence-corrected chi connectivity index (χ1v) is 11.1. The Morgan fingerprint density at radius 2 is 2.00 bits per heavy atom. The SMILES string of the molecule is COc1ccc(CNC(=O)[C@@H](C)OC(=O)CS[C@@H]2CCS(=O)(=O)C2)cc1. The molecular formula is C17H23NO6S2. The summed E-state index contributed by atoms with van der Waals surface area (Å²) in [4.78, 5) is 23.9. The van der Waals surface area contributed by atoms with Gasteiger partial charge in [0.15, 0.2) is 15.9 Å². The molecule has 1 aromatic carbocycles. The average molecular weight is 402 g/mol. The number of hydrogen-bond acceptors (Lipinski definition) is 7. The number of hydrogen-bond donors (Lipinski definition) is 1. The molecule has 144 valence electrons. The topological polar surface area (TPSA) is 98.8 Å². The van der Waals surface area contributed by atoms with Crippen LogP contribution in [-0.4, -0.2) is 56.0 Å². The van der Waals surface area contributed by atoms with E-state index in [-0.39, 0.29) is 28.4 Å². The molecule has 0 aromatic heterocycles. The molecule has 26 heavy (non-hydrogen) atoms. The maximum atomic E-state index is 12.0. The summed E-state index contributed by atoms with van der Waals surface area (Å²) in [6, 6.07) is 7.26. The molecule has 0 saturated carbocycles. The molecule has 1 heterocycles. The number of carbonyl (C=O) groups is 2. The molecule has 2 rings (SSSR count). The van der Waals surface area contributed by atoms with Crippen LogP contribution in [0.1, 0.15) is 18.9 Å². The summed E-state index contributed by atoms with van der Waals surface area (Å²) in [7, 11) is -1.38. The van der Waals surface area contributed by atoms with E-state index in [4.69, 9.17) is 9.47 Å². The zero-order valence-electron chi connectivity index (χ0n) is 14.8. The molecule has 0 spiro atoms. The van der Waals surface area contributed by atoms with Gasteiger partial charge < -0.3 is 14.8 Å². The van der Waals surface area contributed by atoms with Crippen LogP contribution in [-0.2, 0) is 30.7 Å². The van der Waals surface area contributed by atoms with Gasteiger partial charge >= 0.3 is 5.97 Å². The monoisotopic (exact) mass is 401 g/mol. The predicted octanol–water partition coefficient (Wildman–Crippen LogP) is 1.16. The molecule has 1 N–H and O–H groups in total. The smallest absolute Gasteiger partial charge is 0.316 e. The van der Waals surface area contributed by atoms with Crippen LogP contribution in [0.4, 0.5) is 0 Å². The largest absolute Gasteiger partial charge is 0.497 e. The minimum atomic E-state index is -2.96. The highest BCUT2D eigenvalue weighted by atomic mass is 32.2. The zero-order valence-corrected chi connectivity index (χ0v) is 16.4. The van der Waals surface area contributed by atoms with Gasteiger partial charge in [0.2, 0.25) is 0 Å². The second-order valence-corrected chi connectivity index (χ2v) is 9.55. The number of methoxy groups -OCH3 is 1. The Hall–Kier alpha value is -1.74. The van der Waals surface area contributed by atoms with E-state index in [0.717, 1.165) is 11.3 Å². The first kappa shape index (κ1) is 20.6. The molecule has 2 atom stereocenters. The van der Waals surface area contributed by atoms with E-state index in [1.165, 1.54) is 18.7 Å². The lowest BCUT2D eigenvalue weighted by atomic mass is 10.2. The van der Waals surface area contributed by atoms with Crippen molar-refractivity contribution in [3.8, 4) is 5.75 Å². The van der Waals surface area contributed by atoms with Crippen LogP contribution in [0.25, 0.3) is 0 Å². The molecule has 0 aliphatic carbocycles. The van der Waals surface area contributed by atoms with Crippen LogP contribution >= 0.6 is 11.8 Å². The van der Waals surface area contributed by atoms with E-state index in [1.807, 2.05) is 12.1 Å². The quantitative estimate of drug-likeness (QED) is 0.653. The van der Waals surface area contributed by atoms with E-state index in [9.17, 15) is 18.0 Å². The van der Waals surface area contributed by atoms with E-state index in [1.54, 1.807) is 19.2 Å². The highest BCUT2D eigenvalue weighted by Gasteiger charge is 2.29. The molecular weight excluding hydrogens is 378 g/mol. The fourth-order valence-corrected chi connectivity index (χ4v) is 5.86. The van der Waals surface area contributed by atoms with Crippen molar-refractivity contribution >= 4 is 33.5 Å². The molecule has 1 amide bonds. The molecule has 0 unspecified atom stereocenters. The summed E-state index contributed by atoms with van der Waals surface area (Å²) in [6.07, 6.45) is -0.355. The van der Waals surface area contributed by atoms with Crippen molar-refractivity contribution in [2.45, 2.75) is 31.2 Å². The maximum Gasteiger partial charge on any atom is 0.316 e. The minimum absolute atomic E-state index is 0.0380. The lowest BCUT2D eigenvalue weighted by molar-refractivity contribution is -0.152. The number of nitrogens with one attached hydrogen (secondary N) is 1. The summed E-state index contributed by atoms with van der Waals surface area (Å²) in [6.45, 7) is 1.82. The van der Waals surface area contributed by atoms with Crippen LogP contribution in [0.5, 0.6) is 5.75 Å². The molecule has 1 aliphatic rings. The van der Waals surface area contributed by atoms with E-state index in [0.29, 0.717) is 13.0 Å². The van der Waals surface area contributed by atoms with E-state index >= 15 is 0 Å². The number of carbonyl (C=O) groups excluding carboxylic acids is 2. The van der Waals surface area contributed by atoms with Gasteiger partial charge in [-0.2, -0.15) is 0 Å². The Morgan fingerprint density at radius 3 is 2.58 bits per heavy atom. The number of sulfone groups is 1. The standard InChI is InChI=1S/C17H23NO6S2/c1-12(17(20)18-9-13-3-5-14(23-2)6-4-13)24-16(19)10-25-15-7-8-26(21,22)11-15/h3-6,12,15H,7-11H2,1-2H3,(H,18,20)/t12-,15-/m1/s1. The van der Waals surface area contributed by atoms with Gasteiger partial charge in [0.05, 0.1) is 24.4 Å². The Labute approximate surface area is 157 Å². The van der Waals surface area contributed by atoms with Gasteiger partial charge in [-0.15, -0.1) is 11.8 Å². The van der Waals surface area contributed by atoms with Crippen molar-refractivity contribution < 1.29 is 27.5 Å². The molecule has 7 nitrogen and oxygen atoms in total. The Balaban J connectivity index is 1.69. The number of ether oxygens (including phenoxy) is 2. The van der Waals surface area contributed by atoms with Crippen LogP contribution in [0.2, 0.25) is 0 Å². The maximum absolute atomic E-state index is 12.0. The number of esters is 1. The van der Waals surface area contributed by atoms with Gasteiger partial charge in [-0.3, -0.25) is 9.59 Å². The van der Waals surface area contributed by atoms with Crippen LogP contribution < -0.4 is 10.1 Å². The summed E-state index contributed by atoms with van der Waals surface area (Å²) in [5.41, 5.74) is 0.899. The highest BCUT2D eigenvalue weighted by Crippen LogP contribution is 2.24. The van der Waals surface area contributed by atoms with Crippen molar-refractivity contribution in [3.63, 3.8) is 0 Å². The zero-order chi connectivity index (χ0) is 19.2. The van der Waals surface area contributed by atoms with Crippen molar-refractivity contribution in [1.29, 1.82) is 0 Å². The van der Waals surface area contributed by atoms with Gasteiger partial charge in [0, 0.05) is 11.8 Å². The Morgan fingerprint density at radius 1 is 1.31 bits per heavy atom. The van der Waals surface area contributed by atoms with Gasteiger partial charge in [-0.05, 0) is 31.0 Å². The van der Waals surface area contributed by atoms with Crippen LogP contribution in [0.3, 0.4) is 0 Å². The lowest BCUT2D eigenvalue weighted by Crippen LogP contribution is -2.35. The van der Waals surface area contributed by atoms with Crippen LogP contribution in [0, 0.1) is 0 Å². The van der Waals surface area contributed by atoms with Gasteiger partial charge in [-0.1, -0.05) is 12.1 Å².